The number of ether oxygens (including phenoxy) is 2. The van der Waals surface area contributed by atoms with Crippen LogP contribution in [0.15, 0.2) is 0 Å². The summed E-state index contributed by atoms with van der Waals surface area (Å²) >= 11 is 0. The van der Waals surface area contributed by atoms with Crippen molar-refractivity contribution in [3.8, 4) is 0 Å². The summed E-state index contributed by atoms with van der Waals surface area (Å²) in [5.41, 5.74) is 0. The van der Waals surface area contributed by atoms with Gasteiger partial charge in [0.25, 0.3) is 0 Å². The average Bonchev–Trinajstić information content (AvgIpc) is 3.00. The molecule has 0 aliphatic carbocycles. The van der Waals surface area contributed by atoms with Gasteiger partial charge in [-0.25, -0.2) is 4.79 Å². The topological polar surface area (TPSA) is 68.8 Å². The maximum Gasteiger partial charge on any atom is 0.411 e. The molecule has 0 N–H and O–H groups in total. The molecule has 160 valence electrons. The molecule has 0 aromatic rings. The van der Waals surface area contributed by atoms with E-state index in [2.05, 4.69) is 26.6 Å². The van der Waals surface area contributed by atoms with Gasteiger partial charge in [0.1, 0.15) is 0 Å². The highest BCUT2D eigenvalue weighted by atomic mass is 16.6. The Balaban J connectivity index is 1.48. The monoisotopic (exact) mass is 397 g/mol. The van der Waals surface area contributed by atoms with E-state index >= 15 is 0 Å². The Morgan fingerprint density at radius 1 is 1.00 bits per heavy atom. The number of rotatable bonds is 7. The van der Waals surface area contributed by atoms with Gasteiger partial charge in [0.2, 0.25) is 0 Å². The number of piperazine rings is 2. The molecule has 0 aromatic heterocycles. The lowest BCUT2D eigenvalue weighted by Gasteiger charge is -2.39. The third-order valence-electron chi connectivity index (χ3n) is 6.30. The van der Waals surface area contributed by atoms with E-state index in [4.69, 9.17) is 9.47 Å². The van der Waals surface area contributed by atoms with Gasteiger partial charge < -0.3 is 29.1 Å². The van der Waals surface area contributed by atoms with Crippen LogP contribution in [-0.4, -0.2) is 135 Å². The van der Waals surface area contributed by atoms with E-state index in [0.717, 1.165) is 71.9 Å². The lowest BCUT2D eigenvalue weighted by molar-refractivity contribution is -0.141. The average molecular weight is 398 g/mol. The molecule has 3 aliphatic heterocycles. The normalized spacial score (nSPS) is 28.5. The van der Waals surface area contributed by atoms with Crippen LogP contribution in [0.1, 0.15) is 12.8 Å². The van der Waals surface area contributed by atoms with Crippen molar-refractivity contribution in [1.82, 2.24) is 24.5 Å². The molecule has 2 atom stereocenters. The van der Waals surface area contributed by atoms with Gasteiger partial charge >= 0.3 is 12.1 Å². The highest BCUT2D eigenvalue weighted by Crippen LogP contribution is 2.25. The fourth-order valence-electron chi connectivity index (χ4n) is 4.22. The summed E-state index contributed by atoms with van der Waals surface area (Å²) in [5, 5.41) is 0. The van der Waals surface area contributed by atoms with Gasteiger partial charge in [0.05, 0.1) is 19.6 Å². The molecule has 9 nitrogen and oxygen atoms in total. The first kappa shape index (κ1) is 21.3. The fourth-order valence-corrected chi connectivity index (χ4v) is 4.22. The van der Waals surface area contributed by atoms with Crippen molar-refractivity contribution in [3.63, 3.8) is 0 Å². The predicted octanol–water partition coefficient (Wildman–Crippen LogP) is -0.419. The van der Waals surface area contributed by atoms with Crippen LogP contribution in [0.5, 0.6) is 0 Å². The molecule has 3 heterocycles. The molecule has 28 heavy (non-hydrogen) atoms. The molecule has 0 aromatic carbocycles. The van der Waals surface area contributed by atoms with E-state index < -0.39 is 0 Å². The van der Waals surface area contributed by atoms with E-state index in [-0.39, 0.29) is 24.3 Å². The smallest absolute Gasteiger partial charge is 0.411 e. The Hall–Kier alpha value is -1.42. The number of likely N-dealkylation sites (N-methyl/N-ethyl adjacent to an activating group) is 2. The van der Waals surface area contributed by atoms with Gasteiger partial charge in [-0.05, 0) is 13.5 Å². The molecule has 0 spiro atoms. The number of carbonyl (C=O) groups is 2. The number of hydrogen-bond acceptors (Lipinski definition) is 8. The van der Waals surface area contributed by atoms with Gasteiger partial charge in [-0.15, -0.1) is 0 Å². The minimum atomic E-state index is -0.221. The van der Waals surface area contributed by atoms with Gasteiger partial charge in [0.15, 0.2) is 6.23 Å². The first-order chi connectivity index (χ1) is 13.5. The molecule has 3 fully saturated rings. The van der Waals surface area contributed by atoms with Crippen LogP contribution in [0.2, 0.25) is 0 Å². The molecule has 1 amide bonds. The molecular formula is C19H35N5O4. The van der Waals surface area contributed by atoms with Crippen molar-refractivity contribution in [2.45, 2.75) is 25.1 Å². The summed E-state index contributed by atoms with van der Waals surface area (Å²) in [6, 6.07) is 0.0915. The SMILES string of the molecule is COC(=O)CCN1CCN(C2OC(=O)N(C)C2CCN2CCN(C)CC2)CC1. The van der Waals surface area contributed by atoms with Crippen molar-refractivity contribution >= 4 is 12.1 Å². The Kier molecular flexibility index (Phi) is 7.50. The standard InChI is InChI=1S/C19H35N5O4/c1-20-8-10-22(11-9-20)6-4-16-18(28-19(26)21(16)2)24-14-12-23(13-15-24)7-5-17(25)27-3/h16,18H,4-15H2,1-3H3. The van der Waals surface area contributed by atoms with Crippen molar-refractivity contribution in [2.75, 3.05) is 86.7 Å². The van der Waals surface area contributed by atoms with Crippen LogP contribution in [0.3, 0.4) is 0 Å². The molecule has 0 radical (unpaired) electrons. The molecular weight excluding hydrogens is 362 g/mol. The summed E-state index contributed by atoms with van der Waals surface area (Å²) in [6.07, 6.45) is 0.957. The number of esters is 1. The maximum absolute atomic E-state index is 12.2. The Labute approximate surface area is 168 Å². The van der Waals surface area contributed by atoms with Crippen molar-refractivity contribution in [1.29, 1.82) is 0 Å². The second-order valence-electron chi connectivity index (χ2n) is 8.09. The summed E-state index contributed by atoms with van der Waals surface area (Å²) in [4.78, 5) is 34.7. The Morgan fingerprint density at radius 2 is 1.61 bits per heavy atom. The zero-order valence-electron chi connectivity index (χ0n) is 17.5. The molecule has 9 heteroatoms. The number of cyclic esters (lactones) is 1. The second-order valence-corrected chi connectivity index (χ2v) is 8.09. The highest BCUT2D eigenvalue weighted by molar-refractivity contribution is 5.70. The van der Waals surface area contributed by atoms with E-state index in [9.17, 15) is 9.59 Å². The fraction of sp³-hybridized carbons (Fsp3) is 0.895. The number of carbonyl (C=O) groups excluding carboxylic acids is 2. The largest absolute Gasteiger partial charge is 0.469 e. The lowest BCUT2D eigenvalue weighted by atomic mass is 10.1. The van der Waals surface area contributed by atoms with Gasteiger partial charge in [0, 0.05) is 72.5 Å². The van der Waals surface area contributed by atoms with Crippen molar-refractivity contribution < 1.29 is 19.1 Å². The molecule has 3 aliphatic rings. The number of nitrogens with zero attached hydrogens (tertiary/aromatic N) is 5. The quantitative estimate of drug-likeness (QED) is 0.537. The Morgan fingerprint density at radius 3 is 2.25 bits per heavy atom. The van der Waals surface area contributed by atoms with E-state index in [1.165, 1.54) is 7.11 Å². The van der Waals surface area contributed by atoms with Crippen LogP contribution in [0, 0.1) is 0 Å². The third kappa shape index (κ3) is 5.34. The second kappa shape index (κ2) is 9.87. The molecule has 3 saturated heterocycles. The molecule has 2 unspecified atom stereocenters. The van der Waals surface area contributed by atoms with Gasteiger partial charge in [-0.3, -0.25) is 9.69 Å². The lowest BCUT2D eigenvalue weighted by Crippen LogP contribution is -2.55. The van der Waals surface area contributed by atoms with E-state index in [1.807, 2.05) is 7.05 Å². The minimum absolute atomic E-state index is 0.0915. The first-order valence-corrected chi connectivity index (χ1v) is 10.4. The summed E-state index contributed by atoms with van der Waals surface area (Å²) in [5.74, 6) is -0.169. The predicted molar refractivity (Wildman–Crippen MR) is 105 cm³/mol. The van der Waals surface area contributed by atoms with Crippen molar-refractivity contribution in [2.24, 2.45) is 0 Å². The molecule has 3 rings (SSSR count). The number of hydrogen-bond donors (Lipinski definition) is 0. The first-order valence-electron chi connectivity index (χ1n) is 10.4. The summed E-state index contributed by atoms with van der Waals surface area (Å²) < 4.78 is 10.4. The van der Waals surface area contributed by atoms with Crippen LogP contribution in [0.4, 0.5) is 4.79 Å². The highest BCUT2D eigenvalue weighted by Gasteiger charge is 2.43. The minimum Gasteiger partial charge on any atom is -0.469 e. The van der Waals surface area contributed by atoms with Crippen LogP contribution in [0.25, 0.3) is 0 Å². The van der Waals surface area contributed by atoms with Crippen LogP contribution >= 0.6 is 0 Å². The third-order valence-corrected chi connectivity index (χ3v) is 6.30. The van der Waals surface area contributed by atoms with Gasteiger partial charge in [-0.2, -0.15) is 0 Å². The maximum atomic E-state index is 12.2. The van der Waals surface area contributed by atoms with Crippen LogP contribution < -0.4 is 0 Å². The molecule has 0 saturated carbocycles. The summed E-state index contributed by atoms with van der Waals surface area (Å²) in [6.45, 7) is 9.54. The van der Waals surface area contributed by atoms with Crippen LogP contribution in [-0.2, 0) is 14.3 Å². The number of methoxy groups -OCH3 is 1. The summed E-state index contributed by atoms with van der Waals surface area (Å²) in [7, 11) is 5.44. The van der Waals surface area contributed by atoms with E-state index in [0.29, 0.717) is 6.42 Å². The Bertz CT molecular complexity index is 532. The zero-order valence-corrected chi connectivity index (χ0v) is 17.5. The number of amides is 1. The molecule has 0 bridgehead atoms. The van der Waals surface area contributed by atoms with Gasteiger partial charge in [-0.1, -0.05) is 0 Å². The van der Waals surface area contributed by atoms with E-state index in [1.54, 1.807) is 4.90 Å². The zero-order chi connectivity index (χ0) is 20.1. The van der Waals surface area contributed by atoms with Crippen molar-refractivity contribution in [3.05, 3.63) is 0 Å².